The van der Waals surface area contributed by atoms with Crippen LogP contribution in [0.15, 0.2) is 146 Å². The molecule has 5 aliphatic rings. The van der Waals surface area contributed by atoms with Crippen LogP contribution >= 0.6 is 0 Å². The summed E-state index contributed by atoms with van der Waals surface area (Å²) in [6, 6.07) is 52.7. The molecule has 3 aliphatic carbocycles. The minimum Gasteiger partial charge on any atom is -0.214 e. The third kappa shape index (κ3) is 2.40. The van der Waals surface area contributed by atoms with Crippen molar-refractivity contribution >= 4 is 10.8 Å². The largest absolute Gasteiger partial charge is 0.214 e. The predicted molar refractivity (Wildman–Crippen MR) is 174 cm³/mol. The second-order valence-corrected chi connectivity index (χ2v) is 12.3. The Morgan fingerprint density at radius 3 is 1.80 bits per heavy atom. The summed E-state index contributed by atoms with van der Waals surface area (Å²) in [6.45, 7) is 0. The minimum absolute atomic E-state index is 0.919. The molecule has 204 valence electrons. The van der Waals surface area contributed by atoms with Crippen molar-refractivity contribution in [2.24, 2.45) is 0 Å². The molecule has 7 aromatic carbocycles. The van der Waals surface area contributed by atoms with Gasteiger partial charge >= 0.3 is 0 Å². The number of benzene rings is 7. The Kier molecular flexibility index (Phi) is 4.12. The molecule has 2 nitrogen and oxygen atoms in total. The predicted octanol–water partition coefficient (Wildman–Crippen LogP) is 9.99. The van der Waals surface area contributed by atoms with Crippen molar-refractivity contribution in [1.29, 1.82) is 0 Å². The number of fused-ring (bicyclic) bond motifs is 6. The van der Waals surface area contributed by atoms with Gasteiger partial charge in [-0.05, 0) is 60.8 Å². The fourth-order valence-corrected chi connectivity index (χ4v) is 8.94. The minimum atomic E-state index is -0.969. The lowest BCUT2D eigenvalue weighted by atomic mass is 9.60. The summed E-state index contributed by atoms with van der Waals surface area (Å²) in [5.41, 5.74) is 14.9. The summed E-state index contributed by atoms with van der Waals surface area (Å²) in [4.78, 5) is 14.0. The summed E-state index contributed by atoms with van der Waals surface area (Å²) < 4.78 is 0. The molecule has 0 radical (unpaired) electrons. The van der Waals surface area contributed by atoms with Crippen molar-refractivity contribution in [3.05, 3.63) is 179 Å². The van der Waals surface area contributed by atoms with Gasteiger partial charge in [0.2, 0.25) is 0 Å². The molecular weight excluding hydrogens is 536 g/mol. The zero-order valence-corrected chi connectivity index (χ0v) is 23.7. The third-order valence-corrected chi connectivity index (χ3v) is 10.5. The van der Waals surface area contributed by atoms with Crippen molar-refractivity contribution in [2.75, 3.05) is 0 Å². The van der Waals surface area contributed by atoms with Crippen LogP contribution in [-0.4, -0.2) is 0 Å². The van der Waals surface area contributed by atoms with Gasteiger partial charge in [0, 0.05) is 27.8 Å². The highest BCUT2D eigenvalue weighted by molar-refractivity contribution is 6.21. The van der Waals surface area contributed by atoms with E-state index in [2.05, 4.69) is 146 Å². The maximum absolute atomic E-state index is 7.02. The molecule has 2 heteroatoms. The zero-order chi connectivity index (χ0) is 28.6. The molecule has 44 heavy (non-hydrogen) atoms. The monoisotopic (exact) mass is 560 g/mol. The summed E-state index contributed by atoms with van der Waals surface area (Å²) >= 11 is 0. The fourth-order valence-electron chi connectivity index (χ4n) is 8.94. The molecule has 0 fully saturated rings. The first kappa shape index (κ1) is 23.2. The summed E-state index contributed by atoms with van der Waals surface area (Å²) in [5.74, 6) is 0. The van der Waals surface area contributed by atoms with E-state index in [1.807, 2.05) is 0 Å². The van der Waals surface area contributed by atoms with Gasteiger partial charge in [-0.25, -0.2) is 9.78 Å². The van der Waals surface area contributed by atoms with Crippen LogP contribution in [0.2, 0.25) is 0 Å². The lowest BCUT2D eigenvalue weighted by Crippen LogP contribution is -2.53. The van der Waals surface area contributed by atoms with Gasteiger partial charge in [0.05, 0.1) is 0 Å². The van der Waals surface area contributed by atoms with E-state index in [9.17, 15) is 0 Å². The SMILES string of the molecule is c1ccc(-c2c3c(c4c5c(cccc25)-c2ccccc2-4)[C@@]2(c4ccccc4)OO[C@@]34c3ccccc3-c3cccc2c34)cc1. The summed E-state index contributed by atoms with van der Waals surface area (Å²) in [5, 5.41) is 2.54. The van der Waals surface area contributed by atoms with E-state index in [4.69, 9.17) is 9.78 Å². The van der Waals surface area contributed by atoms with Crippen LogP contribution in [0.5, 0.6) is 0 Å². The Labute approximate surface area is 254 Å². The maximum atomic E-state index is 7.02. The zero-order valence-electron chi connectivity index (χ0n) is 23.7. The molecule has 0 aromatic heterocycles. The second-order valence-electron chi connectivity index (χ2n) is 12.3. The molecule has 0 N–H and O–H groups in total. The Morgan fingerprint density at radius 1 is 0.364 bits per heavy atom. The fraction of sp³-hybridized carbons (Fsp3) is 0.0476. The normalized spacial score (nSPS) is 20.7. The van der Waals surface area contributed by atoms with Crippen molar-refractivity contribution < 1.29 is 9.78 Å². The number of hydrogen-bond acceptors (Lipinski definition) is 2. The highest BCUT2D eigenvalue weighted by atomic mass is 17.2. The van der Waals surface area contributed by atoms with Gasteiger partial charge in [-0.15, -0.1) is 0 Å². The van der Waals surface area contributed by atoms with E-state index in [-0.39, 0.29) is 0 Å². The molecule has 2 atom stereocenters. The highest BCUT2D eigenvalue weighted by Gasteiger charge is 2.66. The number of hydrogen-bond donors (Lipinski definition) is 0. The molecule has 2 aliphatic heterocycles. The second kappa shape index (κ2) is 7.81. The Balaban J connectivity index is 1.47. The first-order chi connectivity index (χ1) is 21.8. The molecule has 7 aromatic rings. The van der Waals surface area contributed by atoms with Crippen LogP contribution in [0.3, 0.4) is 0 Å². The first-order valence-electron chi connectivity index (χ1n) is 15.3. The highest BCUT2D eigenvalue weighted by Crippen LogP contribution is 2.71. The molecule has 2 heterocycles. The van der Waals surface area contributed by atoms with E-state index < -0.39 is 11.2 Å². The van der Waals surface area contributed by atoms with Crippen LogP contribution < -0.4 is 0 Å². The van der Waals surface area contributed by atoms with Crippen molar-refractivity contribution in [3.8, 4) is 44.5 Å². The Hall–Kier alpha value is -5.28. The van der Waals surface area contributed by atoms with Gasteiger partial charge in [-0.2, -0.15) is 0 Å². The van der Waals surface area contributed by atoms with Gasteiger partial charge < -0.3 is 0 Å². The van der Waals surface area contributed by atoms with Gasteiger partial charge in [-0.3, -0.25) is 0 Å². The van der Waals surface area contributed by atoms with Gasteiger partial charge in [0.1, 0.15) is 0 Å². The van der Waals surface area contributed by atoms with Crippen LogP contribution in [0, 0.1) is 0 Å². The summed E-state index contributed by atoms with van der Waals surface area (Å²) in [6.07, 6.45) is 0. The van der Waals surface area contributed by atoms with Crippen molar-refractivity contribution in [1.82, 2.24) is 0 Å². The molecule has 2 bridgehead atoms. The topological polar surface area (TPSA) is 18.5 Å². The van der Waals surface area contributed by atoms with E-state index in [0.29, 0.717) is 0 Å². The molecule has 12 rings (SSSR count). The smallest absolute Gasteiger partial charge is 0.181 e. The standard InChI is InChI=1S/C42H24O2/c1-3-13-25(14-4-1)35-32-22-11-20-29-27-17-7-8-19-30(27)37(36(29)32)40-39(35)42-33-23-10-9-18-28(33)31-21-12-24-34(38(31)42)41(40,43-44-42)26-15-5-2-6-16-26/h1-24H/t41-,42+/m0/s1. The molecular formula is C42H24O2. The maximum Gasteiger partial charge on any atom is 0.181 e. The Morgan fingerprint density at radius 2 is 0.955 bits per heavy atom. The molecule has 1 spiro atoms. The third-order valence-electron chi connectivity index (χ3n) is 10.5. The molecule has 0 saturated carbocycles. The van der Waals surface area contributed by atoms with Crippen LogP contribution in [-0.2, 0) is 21.0 Å². The van der Waals surface area contributed by atoms with Crippen LogP contribution in [0.1, 0.15) is 33.4 Å². The van der Waals surface area contributed by atoms with E-state index in [1.54, 1.807) is 0 Å². The average molecular weight is 561 g/mol. The van der Waals surface area contributed by atoms with E-state index >= 15 is 0 Å². The average Bonchev–Trinajstić information content (AvgIpc) is 3.59. The Bertz CT molecular complexity index is 2390. The number of rotatable bonds is 2. The van der Waals surface area contributed by atoms with E-state index in [1.165, 1.54) is 72.0 Å². The van der Waals surface area contributed by atoms with Gasteiger partial charge in [0.25, 0.3) is 0 Å². The van der Waals surface area contributed by atoms with Gasteiger partial charge in [0.15, 0.2) is 11.2 Å². The first-order valence-corrected chi connectivity index (χ1v) is 15.3. The van der Waals surface area contributed by atoms with Crippen molar-refractivity contribution in [2.45, 2.75) is 11.2 Å². The van der Waals surface area contributed by atoms with Crippen molar-refractivity contribution in [3.63, 3.8) is 0 Å². The lowest BCUT2D eigenvalue weighted by Gasteiger charge is -2.54. The van der Waals surface area contributed by atoms with Gasteiger partial charge in [-0.1, -0.05) is 146 Å². The quantitative estimate of drug-likeness (QED) is 0.196. The molecule has 0 amide bonds. The van der Waals surface area contributed by atoms with Crippen LogP contribution in [0.25, 0.3) is 55.3 Å². The lowest BCUT2D eigenvalue weighted by molar-refractivity contribution is -0.408. The summed E-state index contributed by atoms with van der Waals surface area (Å²) in [7, 11) is 0. The molecule has 0 saturated heterocycles. The molecule has 0 unspecified atom stereocenters. The van der Waals surface area contributed by atoms with Crippen LogP contribution in [0.4, 0.5) is 0 Å². The van der Waals surface area contributed by atoms with E-state index in [0.717, 1.165) is 16.7 Å².